The molecule has 1 aromatic carbocycles. The Kier molecular flexibility index (Phi) is 1.50. The summed E-state index contributed by atoms with van der Waals surface area (Å²) in [5, 5.41) is 2.81. The highest BCUT2D eigenvalue weighted by molar-refractivity contribution is 6.19. The number of rotatable bonds is 0. The number of benzene rings is 1. The standard InChI is InChI=1S/C10H10N4O/c11-6-1-2-8-7(5-6)9-12-3-4-14(9)10(15)13-8/h1-2,5H,3-4,11H2,(H,13,15). The number of fused-ring (bicyclic) bond motifs is 3. The third-order valence-electron chi connectivity index (χ3n) is 2.61. The Balaban J connectivity index is 2.20. The van der Waals surface area contributed by atoms with Crippen molar-refractivity contribution in [3.63, 3.8) is 0 Å². The van der Waals surface area contributed by atoms with Gasteiger partial charge in [-0.1, -0.05) is 0 Å². The van der Waals surface area contributed by atoms with Crippen molar-refractivity contribution < 1.29 is 4.79 Å². The fraction of sp³-hybridized carbons (Fsp3) is 0.200. The molecule has 0 spiro atoms. The van der Waals surface area contributed by atoms with E-state index >= 15 is 0 Å². The van der Waals surface area contributed by atoms with Gasteiger partial charge < -0.3 is 11.1 Å². The van der Waals surface area contributed by atoms with Crippen molar-refractivity contribution in [1.29, 1.82) is 0 Å². The maximum Gasteiger partial charge on any atom is 0.327 e. The van der Waals surface area contributed by atoms with Crippen molar-refractivity contribution in [2.24, 2.45) is 4.99 Å². The van der Waals surface area contributed by atoms with E-state index in [1.165, 1.54) is 0 Å². The number of nitrogen functional groups attached to an aromatic ring is 1. The highest BCUT2D eigenvalue weighted by Crippen LogP contribution is 2.27. The number of urea groups is 1. The molecule has 0 bridgehead atoms. The van der Waals surface area contributed by atoms with E-state index in [4.69, 9.17) is 5.73 Å². The third kappa shape index (κ3) is 1.09. The lowest BCUT2D eigenvalue weighted by atomic mass is 10.1. The van der Waals surface area contributed by atoms with E-state index < -0.39 is 0 Å². The molecule has 0 aliphatic carbocycles. The molecule has 5 nitrogen and oxygen atoms in total. The number of nitrogens with zero attached hydrogens (tertiary/aromatic N) is 2. The Labute approximate surface area is 86.6 Å². The van der Waals surface area contributed by atoms with Gasteiger partial charge in [-0.05, 0) is 18.2 Å². The number of amides is 2. The molecule has 2 aliphatic rings. The summed E-state index contributed by atoms with van der Waals surface area (Å²) in [4.78, 5) is 17.6. The van der Waals surface area contributed by atoms with E-state index in [1.54, 1.807) is 17.0 Å². The smallest absolute Gasteiger partial charge is 0.327 e. The van der Waals surface area contributed by atoms with Crippen LogP contribution in [0.3, 0.4) is 0 Å². The summed E-state index contributed by atoms with van der Waals surface area (Å²) in [5.74, 6) is 0.737. The van der Waals surface area contributed by atoms with Gasteiger partial charge >= 0.3 is 6.03 Å². The molecule has 0 saturated heterocycles. The number of nitrogens with one attached hydrogen (secondary N) is 1. The summed E-state index contributed by atoms with van der Waals surface area (Å²) in [5.41, 5.74) is 8.09. The number of nitrogens with two attached hydrogens (primary N) is 1. The zero-order valence-corrected chi connectivity index (χ0v) is 8.03. The molecule has 0 radical (unpaired) electrons. The molecule has 3 rings (SSSR count). The van der Waals surface area contributed by atoms with Crippen molar-refractivity contribution in [3.8, 4) is 0 Å². The van der Waals surface area contributed by atoms with E-state index in [9.17, 15) is 4.79 Å². The second-order valence-corrected chi connectivity index (χ2v) is 3.59. The molecule has 5 heteroatoms. The van der Waals surface area contributed by atoms with Crippen LogP contribution in [0, 0.1) is 0 Å². The molecule has 2 heterocycles. The quantitative estimate of drug-likeness (QED) is 0.613. The van der Waals surface area contributed by atoms with Crippen LogP contribution in [-0.2, 0) is 0 Å². The molecular weight excluding hydrogens is 192 g/mol. The summed E-state index contributed by atoms with van der Waals surface area (Å²) >= 11 is 0. The first-order valence-corrected chi connectivity index (χ1v) is 4.78. The van der Waals surface area contributed by atoms with Gasteiger partial charge in [-0.2, -0.15) is 0 Å². The number of carbonyl (C=O) groups excluding carboxylic acids is 1. The van der Waals surface area contributed by atoms with Crippen LogP contribution in [0.15, 0.2) is 23.2 Å². The van der Waals surface area contributed by atoms with E-state index in [0.29, 0.717) is 18.8 Å². The number of aliphatic imine (C=N–C) groups is 1. The molecule has 0 aromatic heterocycles. The fourth-order valence-electron chi connectivity index (χ4n) is 1.91. The van der Waals surface area contributed by atoms with Gasteiger partial charge in [0.15, 0.2) is 0 Å². The molecule has 2 amide bonds. The van der Waals surface area contributed by atoms with Crippen LogP contribution in [0.1, 0.15) is 5.56 Å². The number of hydrogen-bond donors (Lipinski definition) is 2. The molecular formula is C10H10N4O. The maximum absolute atomic E-state index is 11.6. The monoisotopic (exact) mass is 202 g/mol. The topological polar surface area (TPSA) is 70.7 Å². The third-order valence-corrected chi connectivity index (χ3v) is 2.61. The minimum absolute atomic E-state index is 0.108. The van der Waals surface area contributed by atoms with Gasteiger partial charge in [-0.3, -0.25) is 9.89 Å². The molecule has 3 N–H and O–H groups in total. The summed E-state index contributed by atoms with van der Waals surface area (Å²) in [6.07, 6.45) is 0. The highest BCUT2D eigenvalue weighted by atomic mass is 16.2. The predicted octanol–water partition coefficient (Wildman–Crippen LogP) is 0.877. The minimum atomic E-state index is -0.108. The zero-order valence-electron chi connectivity index (χ0n) is 8.03. The number of carbonyl (C=O) groups is 1. The summed E-state index contributed by atoms with van der Waals surface area (Å²) in [7, 11) is 0. The summed E-state index contributed by atoms with van der Waals surface area (Å²) in [6.45, 7) is 1.31. The molecule has 1 aromatic rings. The largest absolute Gasteiger partial charge is 0.399 e. The first kappa shape index (κ1) is 8.28. The average Bonchev–Trinajstić information content (AvgIpc) is 2.69. The number of hydrogen-bond acceptors (Lipinski definition) is 3. The van der Waals surface area contributed by atoms with E-state index in [1.807, 2.05) is 6.07 Å². The normalized spacial score (nSPS) is 18.0. The van der Waals surface area contributed by atoms with Gasteiger partial charge in [-0.25, -0.2) is 4.79 Å². The van der Waals surface area contributed by atoms with Crippen molar-refractivity contribution >= 4 is 23.2 Å². The van der Waals surface area contributed by atoms with Crippen LogP contribution in [0.4, 0.5) is 16.2 Å². The number of amidine groups is 1. The molecule has 15 heavy (non-hydrogen) atoms. The van der Waals surface area contributed by atoms with Crippen molar-refractivity contribution in [3.05, 3.63) is 23.8 Å². The predicted molar refractivity (Wildman–Crippen MR) is 58.0 cm³/mol. The van der Waals surface area contributed by atoms with Crippen LogP contribution in [0.25, 0.3) is 0 Å². The fourth-order valence-corrected chi connectivity index (χ4v) is 1.91. The van der Waals surface area contributed by atoms with Gasteiger partial charge in [0.2, 0.25) is 0 Å². The molecule has 0 fully saturated rings. The average molecular weight is 202 g/mol. The second-order valence-electron chi connectivity index (χ2n) is 3.59. The van der Waals surface area contributed by atoms with Crippen LogP contribution in [-0.4, -0.2) is 29.9 Å². The maximum atomic E-state index is 11.6. The Morgan fingerprint density at radius 1 is 1.47 bits per heavy atom. The van der Waals surface area contributed by atoms with E-state index in [-0.39, 0.29) is 6.03 Å². The lowest BCUT2D eigenvalue weighted by Crippen LogP contribution is -2.42. The van der Waals surface area contributed by atoms with Crippen LogP contribution < -0.4 is 11.1 Å². The molecule has 0 atom stereocenters. The lowest BCUT2D eigenvalue weighted by Gasteiger charge is -2.26. The molecule has 2 aliphatic heterocycles. The highest BCUT2D eigenvalue weighted by Gasteiger charge is 2.31. The van der Waals surface area contributed by atoms with Crippen LogP contribution >= 0.6 is 0 Å². The van der Waals surface area contributed by atoms with Crippen LogP contribution in [0.5, 0.6) is 0 Å². The van der Waals surface area contributed by atoms with Gasteiger partial charge in [0.1, 0.15) is 5.84 Å². The summed E-state index contributed by atoms with van der Waals surface area (Å²) in [6, 6.07) is 5.31. The first-order chi connectivity index (χ1) is 7.25. The van der Waals surface area contributed by atoms with Crippen molar-refractivity contribution in [2.45, 2.75) is 0 Å². The van der Waals surface area contributed by atoms with Crippen molar-refractivity contribution in [1.82, 2.24) is 4.90 Å². The Hall–Kier alpha value is -2.04. The molecule has 76 valence electrons. The number of anilines is 2. The molecule has 0 saturated carbocycles. The van der Waals surface area contributed by atoms with Gasteiger partial charge in [-0.15, -0.1) is 0 Å². The summed E-state index contributed by atoms with van der Waals surface area (Å²) < 4.78 is 0. The zero-order chi connectivity index (χ0) is 10.4. The van der Waals surface area contributed by atoms with Gasteiger partial charge in [0, 0.05) is 17.8 Å². The molecule has 0 unspecified atom stereocenters. The van der Waals surface area contributed by atoms with Gasteiger partial charge in [0.25, 0.3) is 0 Å². The van der Waals surface area contributed by atoms with Crippen LogP contribution in [0.2, 0.25) is 0 Å². The SMILES string of the molecule is Nc1ccc2c(c1)C1=NCCN1C(=O)N2. The van der Waals surface area contributed by atoms with E-state index in [2.05, 4.69) is 10.3 Å². The minimum Gasteiger partial charge on any atom is -0.399 e. The lowest BCUT2D eigenvalue weighted by molar-refractivity contribution is 0.235. The Morgan fingerprint density at radius 2 is 2.33 bits per heavy atom. The van der Waals surface area contributed by atoms with E-state index in [0.717, 1.165) is 17.1 Å². The first-order valence-electron chi connectivity index (χ1n) is 4.78. The second kappa shape index (κ2) is 2.73. The Bertz CT molecular complexity index is 480. The van der Waals surface area contributed by atoms with Crippen molar-refractivity contribution in [2.75, 3.05) is 24.1 Å². The Morgan fingerprint density at radius 3 is 3.20 bits per heavy atom. The van der Waals surface area contributed by atoms with Gasteiger partial charge in [0.05, 0.1) is 12.2 Å².